The molecule has 4 heterocycles. The smallest absolute Gasteiger partial charge is 0.475 e. The van der Waals surface area contributed by atoms with Crippen LogP contribution < -0.4 is 5.32 Å². The van der Waals surface area contributed by atoms with Crippen LogP contribution in [0, 0.1) is 0 Å². The molecule has 0 saturated carbocycles. The number of alkyl halides is 3. The van der Waals surface area contributed by atoms with E-state index in [1.165, 1.54) is 4.88 Å². The molecule has 2 aromatic rings. The van der Waals surface area contributed by atoms with Gasteiger partial charge in [-0.1, -0.05) is 6.07 Å². The Kier molecular flexibility index (Phi) is 8.49. The zero-order chi connectivity index (χ0) is 24.0. The average Bonchev–Trinajstić information content (AvgIpc) is 3.43. The number of hydrogen-bond acceptors (Lipinski definition) is 6. The summed E-state index contributed by atoms with van der Waals surface area (Å²) in [5.41, 5.74) is 2.12. The molecule has 0 aromatic carbocycles. The lowest BCUT2D eigenvalue weighted by Gasteiger charge is -2.39. The van der Waals surface area contributed by atoms with Crippen molar-refractivity contribution in [1.29, 1.82) is 0 Å². The summed E-state index contributed by atoms with van der Waals surface area (Å²) in [6.07, 6.45) is -0.286. The number of amides is 1. The molecule has 2 aromatic heterocycles. The predicted molar refractivity (Wildman–Crippen MR) is 115 cm³/mol. The topological polar surface area (TPSA) is 96.7 Å². The second-order valence-corrected chi connectivity index (χ2v) is 8.97. The highest BCUT2D eigenvalue weighted by atomic mass is 32.1. The molecular formula is C21H27F3N4O4S. The van der Waals surface area contributed by atoms with E-state index in [4.69, 9.17) is 14.6 Å². The summed E-state index contributed by atoms with van der Waals surface area (Å²) < 4.78 is 39.3. The van der Waals surface area contributed by atoms with Gasteiger partial charge in [-0.2, -0.15) is 13.2 Å². The SMILES string of the molecule is Cn1cnc2c1C(C(=O)NCCc1cccs1)CN(C1CCOCC1)C2.O=C(O)C(F)(F)F. The zero-order valence-corrected chi connectivity index (χ0v) is 19.0. The number of carbonyl (C=O) groups excluding carboxylic acids is 1. The number of carbonyl (C=O) groups is 2. The molecule has 1 unspecified atom stereocenters. The molecule has 2 aliphatic rings. The van der Waals surface area contributed by atoms with Gasteiger partial charge >= 0.3 is 12.1 Å². The second kappa shape index (κ2) is 11.1. The Labute approximate surface area is 193 Å². The molecule has 33 heavy (non-hydrogen) atoms. The molecule has 4 rings (SSSR count). The van der Waals surface area contributed by atoms with Crippen LogP contribution in [0.3, 0.4) is 0 Å². The minimum Gasteiger partial charge on any atom is -0.475 e. The molecule has 1 amide bonds. The van der Waals surface area contributed by atoms with E-state index < -0.39 is 12.1 Å². The van der Waals surface area contributed by atoms with Gasteiger partial charge in [-0.15, -0.1) is 11.3 Å². The number of hydrogen-bond donors (Lipinski definition) is 2. The number of thiophene rings is 1. The summed E-state index contributed by atoms with van der Waals surface area (Å²) >= 11 is 1.74. The molecule has 0 spiro atoms. The quantitative estimate of drug-likeness (QED) is 0.672. The maximum Gasteiger partial charge on any atom is 0.490 e. The molecule has 2 aliphatic heterocycles. The van der Waals surface area contributed by atoms with E-state index in [9.17, 15) is 18.0 Å². The van der Waals surface area contributed by atoms with Crippen molar-refractivity contribution in [3.05, 3.63) is 40.1 Å². The van der Waals surface area contributed by atoms with Crippen molar-refractivity contribution in [1.82, 2.24) is 19.8 Å². The summed E-state index contributed by atoms with van der Waals surface area (Å²) in [6.45, 7) is 3.91. The van der Waals surface area contributed by atoms with Crippen LogP contribution in [0.4, 0.5) is 13.2 Å². The van der Waals surface area contributed by atoms with Gasteiger partial charge in [0.15, 0.2) is 0 Å². The number of nitrogens with one attached hydrogen (secondary N) is 1. The zero-order valence-electron chi connectivity index (χ0n) is 18.2. The van der Waals surface area contributed by atoms with E-state index >= 15 is 0 Å². The third-order valence-corrected chi connectivity index (χ3v) is 6.62. The van der Waals surface area contributed by atoms with Crippen LogP contribution in [0.5, 0.6) is 0 Å². The van der Waals surface area contributed by atoms with Crippen molar-refractivity contribution in [2.75, 3.05) is 26.3 Å². The van der Waals surface area contributed by atoms with Crippen LogP contribution >= 0.6 is 11.3 Å². The maximum absolute atomic E-state index is 13.0. The lowest BCUT2D eigenvalue weighted by molar-refractivity contribution is -0.192. The number of imidazole rings is 1. The van der Waals surface area contributed by atoms with Crippen LogP contribution in [-0.2, 0) is 34.3 Å². The fourth-order valence-corrected chi connectivity index (χ4v) is 4.77. The van der Waals surface area contributed by atoms with Gasteiger partial charge < -0.3 is 19.7 Å². The minimum atomic E-state index is -5.08. The van der Waals surface area contributed by atoms with Crippen LogP contribution in [-0.4, -0.2) is 70.0 Å². The van der Waals surface area contributed by atoms with Crippen molar-refractivity contribution >= 4 is 23.2 Å². The Morgan fingerprint density at radius 1 is 1.33 bits per heavy atom. The van der Waals surface area contributed by atoms with Crippen molar-refractivity contribution < 1.29 is 32.6 Å². The lowest BCUT2D eigenvalue weighted by atomic mass is 9.94. The number of halogens is 3. The number of aryl methyl sites for hydroxylation is 1. The Morgan fingerprint density at radius 3 is 2.64 bits per heavy atom. The van der Waals surface area contributed by atoms with Gasteiger partial charge in [0.2, 0.25) is 5.91 Å². The summed E-state index contributed by atoms with van der Waals surface area (Å²) in [5, 5.41) is 12.3. The highest BCUT2D eigenvalue weighted by Gasteiger charge is 2.38. The summed E-state index contributed by atoms with van der Waals surface area (Å²) in [5.74, 6) is -2.80. The molecule has 1 fully saturated rings. The summed E-state index contributed by atoms with van der Waals surface area (Å²) in [6, 6.07) is 4.65. The predicted octanol–water partition coefficient (Wildman–Crippen LogP) is 2.55. The monoisotopic (exact) mass is 488 g/mol. The number of ether oxygens (including phenoxy) is 1. The average molecular weight is 489 g/mol. The van der Waals surface area contributed by atoms with Crippen LogP contribution in [0.25, 0.3) is 0 Å². The number of aliphatic carboxylic acids is 1. The van der Waals surface area contributed by atoms with Gasteiger partial charge in [0.1, 0.15) is 0 Å². The Bertz CT molecular complexity index is 927. The molecule has 0 radical (unpaired) electrons. The molecule has 2 N–H and O–H groups in total. The van der Waals surface area contributed by atoms with E-state index in [0.29, 0.717) is 12.6 Å². The molecule has 182 valence electrons. The van der Waals surface area contributed by atoms with Crippen LogP contribution in [0.15, 0.2) is 23.8 Å². The van der Waals surface area contributed by atoms with Gasteiger partial charge in [0.25, 0.3) is 0 Å². The van der Waals surface area contributed by atoms with E-state index in [1.807, 2.05) is 17.9 Å². The number of rotatable bonds is 5. The van der Waals surface area contributed by atoms with Crippen molar-refractivity contribution in [3.63, 3.8) is 0 Å². The van der Waals surface area contributed by atoms with Gasteiger partial charge in [-0.05, 0) is 30.7 Å². The summed E-state index contributed by atoms with van der Waals surface area (Å²) in [4.78, 5) is 30.2. The van der Waals surface area contributed by atoms with E-state index in [2.05, 4.69) is 32.7 Å². The molecule has 1 saturated heterocycles. The van der Waals surface area contributed by atoms with Crippen molar-refractivity contribution in [2.24, 2.45) is 7.05 Å². The normalized spacial score (nSPS) is 19.3. The number of nitrogens with zero attached hydrogens (tertiary/aromatic N) is 3. The highest BCUT2D eigenvalue weighted by Crippen LogP contribution is 2.30. The second-order valence-electron chi connectivity index (χ2n) is 7.94. The largest absolute Gasteiger partial charge is 0.490 e. The van der Waals surface area contributed by atoms with Crippen LogP contribution in [0.2, 0.25) is 0 Å². The first kappa shape index (κ1) is 25.2. The molecule has 8 nitrogen and oxygen atoms in total. The fraction of sp³-hybridized carbons (Fsp3) is 0.571. The minimum absolute atomic E-state index is 0.114. The van der Waals surface area contributed by atoms with Gasteiger partial charge in [-0.3, -0.25) is 9.69 Å². The molecular weight excluding hydrogens is 461 g/mol. The van der Waals surface area contributed by atoms with Crippen molar-refractivity contribution in [2.45, 2.75) is 43.9 Å². The number of fused-ring (bicyclic) bond motifs is 1. The van der Waals surface area contributed by atoms with Gasteiger partial charge in [-0.25, -0.2) is 9.78 Å². The number of carboxylic acids is 1. The van der Waals surface area contributed by atoms with Crippen molar-refractivity contribution in [3.8, 4) is 0 Å². The van der Waals surface area contributed by atoms with E-state index in [0.717, 1.165) is 57.0 Å². The first-order valence-electron chi connectivity index (χ1n) is 10.6. The Balaban J connectivity index is 0.000000383. The summed E-state index contributed by atoms with van der Waals surface area (Å²) in [7, 11) is 1.99. The Hall–Kier alpha value is -2.44. The molecule has 0 bridgehead atoms. The maximum atomic E-state index is 13.0. The third-order valence-electron chi connectivity index (χ3n) is 5.68. The van der Waals surface area contributed by atoms with Gasteiger partial charge in [0, 0.05) is 50.8 Å². The molecule has 12 heteroatoms. The van der Waals surface area contributed by atoms with Gasteiger partial charge in [0.05, 0.1) is 23.6 Å². The van der Waals surface area contributed by atoms with E-state index in [-0.39, 0.29) is 11.8 Å². The lowest BCUT2D eigenvalue weighted by Crippen LogP contribution is -2.47. The molecule has 0 aliphatic carbocycles. The number of aromatic nitrogens is 2. The fourth-order valence-electron chi connectivity index (χ4n) is 4.06. The first-order valence-corrected chi connectivity index (χ1v) is 11.5. The Morgan fingerprint density at radius 2 is 2.03 bits per heavy atom. The van der Waals surface area contributed by atoms with E-state index in [1.54, 1.807) is 11.3 Å². The third kappa shape index (κ3) is 6.78. The molecule has 1 atom stereocenters. The number of carboxylic acid groups (broad SMARTS) is 1. The van der Waals surface area contributed by atoms with Crippen LogP contribution in [0.1, 0.15) is 35.0 Å². The first-order chi connectivity index (χ1) is 15.7. The highest BCUT2D eigenvalue weighted by molar-refractivity contribution is 7.09. The standard InChI is InChI=1S/C19H26N4O2S.C2HF3O2/c1-22-13-21-17-12-23(14-5-8-25-9-6-14)11-16(18(17)22)19(24)20-7-4-15-3-2-10-26-15;3-2(4,5)1(6)7/h2-3,10,13-14,16H,4-9,11-12H2,1H3,(H,20,24);(H,6,7).